The molecule has 1 aliphatic heterocycles. The Morgan fingerprint density at radius 3 is 2.60 bits per heavy atom. The van der Waals surface area contributed by atoms with E-state index in [0.717, 1.165) is 37.6 Å². The summed E-state index contributed by atoms with van der Waals surface area (Å²) in [5.74, 6) is 0.810. The van der Waals surface area contributed by atoms with Gasteiger partial charge in [0.05, 0.1) is 30.4 Å². The Balaban J connectivity index is 1.62. The molecule has 0 saturated carbocycles. The molecule has 7 nitrogen and oxygen atoms in total. The van der Waals surface area contributed by atoms with Crippen molar-refractivity contribution in [2.24, 2.45) is 7.05 Å². The number of nitriles is 1. The summed E-state index contributed by atoms with van der Waals surface area (Å²) in [4.78, 5) is 13.6. The minimum absolute atomic E-state index is 0.101. The van der Waals surface area contributed by atoms with E-state index in [2.05, 4.69) is 62.1 Å². The zero-order valence-corrected chi connectivity index (χ0v) is 17.7. The smallest absolute Gasteiger partial charge is 0.147 e. The normalized spacial score (nSPS) is 18.2. The fourth-order valence-corrected chi connectivity index (χ4v) is 3.99. The molecule has 1 fully saturated rings. The van der Waals surface area contributed by atoms with Gasteiger partial charge in [0.2, 0.25) is 0 Å². The third-order valence-electron chi connectivity index (χ3n) is 6.09. The third kappa shape index (κ3) is 4.05. The maximum atomic E-state index is 9.22. The lowest BCUT2D eigenvalue weighted by Crippen LogP contribution is -2.48. The van der Waals surface area contributed by atoms with Crippen molar-refractivity contribution in [1.82, 2.24) is 24.6 Å². The molecule has 0 spiro atoms. The number of hydrogen-bond acceptors (Lipinski definition) is 6. The van der Waals surface area contributed by atoms with Crippen molar-refractivity contribution in [2.45, 2.75) is 32.4 Å². The molecule has 2 aromatic heterocycles. The summed E-state index contributed by atoms with van der Waals surface area (Å²) in [5.41, 5.74) is 4.75. The van der Waals surface area contributed by atoms with Gasteiger partial charge in [0.15, 0.2) is 0 Å². The van der Waals surface area contributed by atoms with E-state index in [4.69, 9.17) is 0 Å². The van der Waals surface area contributed by atoms with Gasteiger partial charge in [0, 0.05) is 56.9 Å². The van der Waals surface area contributed by atoms with Crippen molar-refractivity contribution in [3.63, 3.8) is 0 Å². The fourth-order valence-electron chi connectivity index (χ4n) is 3.99. The highest BCUT2D eigenvalue weighted by Gasteiger charge is 2.30. The number of nitrogens with zero attached hydrogens (tertiary/aromatic N) is 7. The Morgan fingerprint density at radius 2 is 1.97 bits per heavy atom. The van der Waals surface area contributed by atoms with Crippen LogP contribution in [0.5, 0.6) is 0 Å². The number of rotatable bonds is 5. The molecule has 30 heavy (non-hydrogen) atoms. The van der Waals surface area contributed by atoms with Crippen molar-refractivity contribution in [3.05, 3.63) is 71.4 Å². The van der Waals surface area contributed by atoms with Gasteiger partial charge in [-0.15, -0.1) is 0 Å². The van der Waals surface area contributed by atoms with Gasteiger partial charge in [0.25, 0.3) is 0 Å². The van der Waals surface area contributed by atoms with Crippen LogP contribution < -0.4 is 4.90 Å². The average molecular weight is 402 g/mol. The number of aromatic nitrogens is 4. The standard InChI is InChI=1S/C23H27N7/c1-17(12-24)19-4-6-20(7-5-19)22-16-30(23-14-25-8-9-26-23)11-10-29(22)15-21-13-27-28(3)18(21)2/h4-9,13-14,17,22H,10-11,15-16H2,1-3H3. The molecule has 1 saturated heterocycles. The summed E-state index contributed by atoms with van der Waals surface area (Å²) in [6.07, 6.45) is 7.25. The Morgan fingerprint density at radius 1 is 1.17 bits per heavy atom. The molecule has 154 valence electrons. The largest absolute Gasteiger partial charge is 0.352 e. The van der Waals surface area contributed by atoms with Crippen LogP contribution in [0.4, 0.5) is 5.82 Å². The van der Waals surface area contributed by atoms with Crippen molar-refractivity contribution >= 4 is 5.82 Å². The molecule has 0 amide bonds. The number of hydrogen-bond donors (Lipinski definition) is 0. The lowest BCUT2D eigenvalue weighted by molar-refractivity contribution is 0.168. The minimum atomic E-state index is -0.101. The lowest BCUT2D eigenvalue weighted by atomic mass is 9.96. The first kappa shape index (κ1) is 20.0. The fraction of sp³-hybridized carbons (Fsp3) is 0.391. The monoisotopic (exact) mass is 401 g/mol. The molecule has 2 atom stereocenters. The Hall–Kier alpha value is -3.24. The summed E-state index contributed by atoms with van der Waals surface area (Å²) in [6, 6.07) is 11.0. The van der Waals surface area contributed by atoms with Gasteiger partial charge in [-0.3, -0.25) is 14.6 Å². The zero-order chi connectivity index (χ0) is 21.1. The summed E-state index contributed by atoms with van der Waals surface area (Å²) in [6.45, 7) is 7.57. The van der Waals surface area contributed by atoms with Gasteiger partial charge < -0.3 is 4.90 Å². The first-order valence-corrected chi connectivity index (χ1v) is 10.3. The molecule has 1 aromatic carbocycles. The van der Waals surface area contributed by atoms with Crippen molar-refractivity contribution in [2.75, 3.05) is 24.5 Å². The lowest BCUT2D eigenvalue weighted by Gasteiger charge is -2.42. The van der Waals surface area contributed by atoms with E-state index < -0.39 is 0 Å². The van der Waals surface area contributed by atoms with Crippen LogP contribution in [0.3, 0.4) is 0 Å². The van der Waals surface area contributed by atoms with E-state index in [1.807, 2.05) is 31.0 Å². The average Bonchev–Trinajstić information content (AvgIpc) is 3.11. The highest BCUT2D eigenvalue weighted by Crippen LogP contribution is 2.30. The second kappa shape index (κ2) is 8.64. The topological polar surface area (TPSA) is 73.9 Å². The molecule has 0 radical (unpaired) electrons. The van der Waals surface area contributed by atoms with Crippen LogP contribution in [0.1, 0.15) is 41.3 Å². The summed E-state index contributed by atoms with van der Waals surface area (Å²) >= 11 is 0. The van der Waals surface area contributed by atoms with Gasteiger partial charge in [-0.2, -0.15) is 10.4 Å². The Bertz CT molecular complexity index is 1020. The molecule has 0 bridgehead atoms. The van der Waals surface area contributed by atoms with E-state index in [-0.39, 0.29) is 12.0 Å². The predicted molar refractivity (Wildman–Crippen MR) is 116 cm³/mol. The molecular formula is C23H27N7. The molecule has 0 aliphatic carbocycles. The van der Waals surface area contributed by atoms with Crippen LogP contribution in [0.2, 0.25) is 0 Å². The van der Waals surface area contributed by atoms with Crippen LogP contribution in [0.25, 0.3) is 0 Å². The third-order valence-corrected chi connectivity index (χ3v) is 6.09. The maximum absolute atomic E-state index is 9.22. The summed E-state index contributed by atoms with van der Waals surface area (Å²) in [5, 5.41) is 13.6. The number of aryl methyl sites for hydroxylation is 1. The van der Waals surface area contributed by atoms with Gasteiger partial charge in [-0.25, -0.2) is 4.98 Å². The molecule has 3 aromatic rings. The molecule has 2 unspecified atom stereocenters. The summed E-state index contributed by atoms with van der Waals surface area (Å²) < 4.78 is 1.93. The highest BCUT2D eigenvalue weighted by atomic mass is 15.3. The van der Waals surface area contributed by atoms with Crippen molar-refractivity contribution < 1.29 is 0 Å². The number of benzene rings is 1. The van der Waals surface area contributed by atoms with Gasteiger partial charge in [-0.05, 0) is 25.0 Å². The van der Waals surface area contributed by atoms with Crippen molar-refractivity contribution in [3.8, 4) is 6.07 Å². The van der Waals surface area contributed by atoms with E-state index in [9.17, 15) is 5.26 Å². The molecular weight excluding hydrogens is 374 g/mol. The highest BCUT2D eigenvalue weighted by molar-refractivity contribution is 5.39. The van der Waals surface area contributed by atoms with Crippen LogP contribution in [-0.2, 0) is 13.6 Å². The quantitative estimate of drug-likeness (QED) is 0.654. The Kier molecular flexibility index (Phi) is 5.77. The van der Waals surface area contributed by atoms with E-state index >= 15 is 0 Å². The van der Waals surface area contributed by atoms with Crippen LogP contribution in [0.15, 0.2) is 49.1 Å². The van der Waals surface area contributed by atoms with Crippen LogP contribution >= 0.6 is 0 Å². The van der Waals surface area contributed by atoms with E-state index in [1.165, 1.54) is 16.8 Å². The van der Waals surface area contributed by atoms with Crippen LogP contribution in [0, 0.1) is 18.3 Å². The molecule has 3 heterocycles. The molecule has 0 N–H and O–H groups in total. The summed E-state index contributed by atoms with van der Waals surface area (Å²) in [7, 11) is 1.98. The van der Waals surface area contributed by atoms with Gasteiger partial charge in [-0.1, -0.05) is 24.3 Å². The predicted octanol–water partition coefficient (Wildman–Crippen LogP) is 3.21. The molecule has 7 heteroatoms. The maximum Gasteiger partial charge on any atom is 0.147 e. The second-order valence-corrected chi connectivity index (χ2v) is 7.89. The molecule has 1 aliphatic rings. The second-order valence-electron chi connectivity index (χ2n) is 7.89. The number of piperazine rings is 1. The van der Waals surface area contributed by atoms with Gasteiger partial charge in [0.1, 0.15) is 5.82 Å². The molecule has 4 rings (SSSR count). The first-order chi connectivity index (χ1) is 14.6. The first-order valence-electron chi connectivity index (χ1n) is 10.3. The van der Waals surface area contributed by atoms with Crippen molar-refractivity contribution in [1.29, 1.82) is 5.26 Å². The van der Waals surface area contributed by atoms with E-state index in [1.54, 1.807) is 12.4 Å². The van der Waals surface area contributed by atoms with E-state index in [0.29, 0.717) is 0 Å². The SMILES string of the molecule is Cc1c(CN2CCN(c3cnccn3)CC2c2ccc(C(C)C#N)cc2)cnn1C. The van der Waals surface area contributed by atoms with Crippen LogP contribution in [-0.4, -0.2) is 44.3 Å². The number of anilines is 1. The zero-order valence-electron chi connectivity index (χ0n) is 17.7. The Labute approximate surface area is 177 Å². The minimum Gasteiger partial charge on any atom is -0.352 e. The van der Waals surface area contributed by atoms with Gasteiger partial charge >= 0.3 is 0 Å².